The molecule has 0 fully saturated rings. The fourth-order valence-electron chi connectivity index (χ4n) is 5.93. The van der Waals surface area contributed by atoms with Gasteiger partial charge in [-0.1, -0.05) is 36.4 Å². The highest BCUT2D eigenvalue weighted by Gasteiger charge is 2.31. The molecule has 7 nitrogen and oxygen atoms in total. The molecule has 0 saturated heterocycles. The van der Waals surface area contributed by atoms with Crippen LogP contribution in [0.15, 0.2) is 146 Å². The zero-order valence-electron chi connectivity index (χ0n) is 29.3. The van der Waals surface area contributed by atoms with Gasteiger partial charge in [0.15, 0.2) is 0 Å². The molecule has 0 amide bonds. The normalized spacial score (nSPS) is 11.2. The van der Waals surface area contributed by atoms with Crippen LogP contribution in [-0.4, -0.2) is 44.1 Å². The molecule has 0 aliphatic heterocycles. The highest BCUT2D eigenvalue weighted by atomic mass is 28.4. The molecule has 0 spiro atoms. The third kappa shape index (κ3) is 7.23. The predicted octanol–water partition coefficient (Wildman–Crippen LogP) is 9.89. The number of rotatable bonds is 13. The van der Waals surface area contributed by atoms with Crippen LogP contribution in [0, 0.1) is 0 Å². The molecule has 254 valence electrons. The number of hydrogen-bond donors (Lipinski definition) is 0. The Morgan fingerprint density at radius 1 is 0.340 bits per heavy atom. The highest BCUT2D eigenvalue weighted by molar-refractivity contribution is 6.79. The van der Waals surface area contributed by atoms with E-state index in [4.69, 9.17) is 23.1 Å². The molecule has 0 atom stereocenters. The van der Waals surface area contributed by atoms with Crippen molar-refractivity contribution in [3.63, 3.8) is 0 Å². The van der Waals surface area contributed by atoms with Gasteiger partial charge in [-0.25, -0.2) is 0 Å². The topological polar surface area (TPSA) is 52.6 Å². The standard InChI is InChI=1S/C42H42N2O5Si/c1-45-39-23-15-35(16-24-39)43(36-17-25-40(46-2)26-18-36)33-11-7-31(8-12-33)32-9-13-34(14-10-32)44(37-19-27-41(47-3)28-20-37)38-21-29-42(30-22-38)50(6,48-4)49-5/h7-30H,1-6H3. The second kappa shape index (κ2) is 15.3. The van der Waals surface area contributed by atoms with Gasteiger partial charge in [0.2, 0.25) is 0 Å². The van der Waals surface area contributed by atoms with Crippen molar-refractivity contribution in [1.29, 1.82) is 0 Å². The van der Waals surface area contributed by atoms with E-state index >= 15 is 0 Å². The summed E-state index contributed by atoms with van der Waals surface area (Å²) in [6.45, 7) is 2.05. The Bertz CT molecular complexity index is 1910. The van der Waals surface area contributed by atoms with E-state index < -0.39 is 8.56 Å². The van der Waals surface area contributed by atoms with Gasteiger partial charge in [0.1, 0.15) is 17.2 Å². The van der Waals surface area contributed by atoms with Crippen LogP contribution in [0.2, 0.25) is 6.55 Å². The summed E-state index contributed by atoms with van der Waals surface area (Å²) in [5.74, 6) is 2.43. The molecule has 0 saturated carbocycles. The number of ether oxygens (including phenoxy) is 3. The monoisotopic (exact) mass is 682 g/mol. The van der Waals surface area contributed by atoms with E-state index in [-0.39, 0.29) is 0 Å². The SMILES string of the molecule is COc1ccc(N(c2ccc(OC)cc2)c2ccc(-c3ccc(N(c4ccc(OC)cc4)c4ccc([Si](C)(OC)OC)cc4)cc3)cc2)cc1. The van der Waals surface area contributed by atoms with Crippen LogP contribution < -0.4 is 29.2 Å². The van der Waals surface area contributed by atoms with Gasteiger partial charge >= 0.3 is 8.56 Å². The first-order chi connectivity index (χ1) is 24.4. The van der Waals surface area contributed by atoms with Gasteiger partial charge in [-0.3, -0.25) is 0 Å². The van der Waals surface area contributed by atoms with Crippen molar-refractivity contribution in [3.8, 4) is 28.4 Å². The Hall–Kier alpha value is -5.54. The molecule has 0 unspecified atom stereocenters. The summed E-state index contributed by atoms with van der Waals surface area (Å²) in [5.41, 5.74) is 8.40. The molecular weight excluding hydrogens is 641 g/mol. The molecule has 6 aromatic carbocycles. The minimum Gasteiger partial charge on any atom is -0.497 e. The van der Waals surface area contributed by atoms with E-state index in [1.165, 1.54) is 0 Å². The van der Waals surface area contributed by atoms with Crippen LogP contribution in [0.4, 0.5) is 34.1 Å². The lowest BCUT2D eigenvalue weighted by molar-refractivity contribution is 0.265. The fraction of sp³-hybridized carbons (Fsp3) is 0.143. The Kier molecular flexibility index (Phi) is 10.5. The third-order valence-electron chi connectivity index (χ3n) is 9.01. The lowest BCUT2D eigenvalue weighted by Gasteiger charge is -2.28. The summed E-state index contributed by atoms with van der Waals surface area (Å²) >= 11 is 0. The Balaban J connectivity index is 1.31. The van der Waals surface area contributed by atoms with Crippen molar-refractivity contribution in [1.82, 2.24) is 0 Å². The predicted molar refractivity (Wildman–Crippen MR) is 206 cm³/mol. The number of benzene rings is 6. The smallest absolute Gasteiger partial charge is 0.368 e. The van der Waals surface area contributed by atoms with E-state index in [0.29, 0.717) is 0 Å². The molecule has 0 aliphatic carbocycles. The first-order valence-electron chi connectivity index (χ1n) is 16.3. The van der Waals surface area contributed by atoms with Crippen molar-refractivity contribution < 1.29 is 23.1 Å². The molecule has 0 N–H and O–H groups in total. The van der Waals surface area contributed by atoms with Gasteiger partial charge in [0, 0.05) is 48.3 Å². The maximum absolute atomic E-state index is 5.78. The van der Waals surface area contributed by atoms with E-state index in [0.717, 1.165) is 67.7 Å². The molecule has 0 aliphatic rings. The average Bonchev–Trinajstić information content (AvgIpc) is 3.19. The average molecular weight is 683 g/mol. The Morgan fingerprint density at radius 3 is 0.820 bits per heavy atom. The van der Waals surface area contributed by atoms with E-state index in [2.05, 4.69) is 119 Å². The quantitative estimate of drug-likeness (QED) is 0.112. The Morgan fingerprint density at radius 2 is 0.580 bits per heavy atom. The minimum absolute atomic E-state index is 0.808. The van der Waals surface area contributed by atoms with Gasteiger partial charge in [-0.05, 0) is 132 Å². The largest absolute Gasteiger partial charge is 0.497 e. The lowest BCUT2D eigenvalue weighted by atomic mass is 10.0. The molecule has 6 aromatic rings. The second-order valence-electron chi connectivity index (χ2n) is 11.8. The van der Waals surface area contributed by atoms with Gasteiger partial charge in [-0.15, -0.1) is 0 Å². The van der Waals surface area contributed by atoms with Gasteiger partial charge < -0.3 is 32.9 Å². The van der Waals surface area contributed by atoms with Crippen LogP contribution in [-0.2, 0) is 8.85 Å². The summed E-state index contributed by atoms with van der Waals surface area (Å²) in [7, 11) is 6.00. The van der Waals surface area contributed by atoms with Gasteiger partial charge in [0.05, 0.1) is 21.3 Å². The molecule has 0 aromatic heterocycles. The van der Waals surface area contributed by atoms with E-state index in [9.17, 15) is 0 Å². The molecule has 50 heavy (non-hydrogen) atoms. The van der Waals surface area contributed by atoms with Crippen LogP contribution in [0.1, 0.15) is 0 Å². The molecular formula is C42H42N2O5Si. The zero-order chi connectivity index (χ0) is 35.1. The van der Waals surface area contributed by atoms with Crippen LogP contribution >= 0.6 is 0 Å². The first-order valence-corrected chi connectivity index (χ1v) is 18.6. The third-order valence-corrected chi connectivity index (χ3v) is 11.9. The van der Waals surface area contributed by atoms with Crippen molar-refractivity contribution in [3.05, 3.63) is 146 Å². The summed E-state index contributed by atoms with van der Waals surface area (Å²) in [5, 5.41) is 1.07. The summed E-state index contributed by atoms with van der Waals surface area (Å²) in [4.78, 5) is 4.45. The van der Waals surface area contributed by atoms with Crippen molar-refractivity contribution >= 4 is 47.9 Å². The number of anilines is 6. The summed E-state index contributed by atoms with van der Waals surface area (Å²) < 4.78 is 27.8. The first kappa shape index (κ1) is 34.3. The van der Waals surface area contributed by atoms with Gasteiger partial charge in [-0.2, -0.15) is 0 Å². The minimum atomic E-state index is -2.45. The summed E-state index contributed by atoms with van der Waals surface area (Å²) in [6, 6.07) is 50.0. The van der Waals surface area contributed by atoms with Crippen molar-refractivity contribution in [2.45, 2.75) is 6.55 Å². The maximum Gasteiger partial charge on any atom is 0.368 e. The fourth-order valence-corrected chi connectivity index (χ4v) is 7.34. The lowest BCUT2D eigenvalue weighted by Crippen LogP contribution is -2.49. The van der Waals surface area contributed by atoms with Crippen LogP contribution in [0.3, 0.4) is 0 Å². The maximum atomic E-state index is 5.78. The molecule has 0 radical (unpaired) electrons. The molecule has 6 rings (SSSR count). The van der Waals surface area contributed by atoms with Crippen LogP contribution in [0.25, 0.3) is 11.1 Å². The Labute approximate surface area is 296 Å². The molecule has 8 heteroatoms. The number of nitrogens with zero attached hydrogens (tertiary/aromatic N) is 2. The summed E-state index contributed by atoms with van der Waals surface area (Å²) in [6.07, 6.45) is 0. The highest BCUT2D eigenvalue weighted by Crippen LogP contribution is 2.39. The number of methoxy groups -OCH3 is 3. The van der Waals surface area contributed by atoms with Crippen molar-refractivity contribution in [2.75, 3.05) is 45.3 Å². The van der Waals surface area contributed by atoms with Crippen LogP contribution in [0.5, 0.6) is 17.2 Å². The second-order valence-corrected chi connectivity index (χ2v) is 15.0. The zero-order valence-corrected chi connectivity index (χ0v) is 30.3. The van der Waals surface area contributed by atoms with E-state index in [1.54, 1.807) is 35.5 Å². The van der Waals surface area contributed by atoms with Crippen molar-refractivity contribution in [2.24, 2.45) is 0 Å². The molecule has 0 bridgehead atoms. The number of hydrogen-bond acceptors (Lipinski definition) is 7. The van der Waals surface area contributed by atoms with E-state index in [1.807, 2.05) is 42.9 Å². The molecule has 0 heterocycles. The van der Waals surface area contributed by atoms with Gasteiger partial charge in [0.25, 0.3) is 0 Å².